The van der Waals surface area contributed by atoms with Gasteiger partial charge in [-0.15, -0.1) is 0 Å². The maximum atomic E-state index is 6.10. The van der Waals surface area contributed by atoms with E-state index in [4.69, 9.17) is 17.3 Å². The zero-order chi connectivity index (χ0) is 14.7. The Morgan fingerprint density at radius 1 is 1.00 bits per heavy atom. The summed E-state index contributed by atoms with van der Waals surface area (Å²) in [6.45, 7) is 0.584. The lowest BCUT2D eigenvalue weighted by atomic mass is 10.1. The van der Waals surface area contributed by atoms with Crippen LogP contribution in [0.3, 0.4) is 0 Å². The summed E-state index contributed by atoms with van der Waals surface area (Å²) in [5.74, 6) is 0. The van der Waals surface area contributed by atoms with Gasteiger partial charge in [0, 0.05) is 17.0 Å². The van der Waals surface area contributed by atoms with Crippen LogP contribution >= 0.6 is 11.6 Å². The van der Waals surface area contributed by atoms with Crippen molar-refractivity contribution in [1.82, 2.24) is 9.78 Å². The van der Waals surface area contributed by atoms with Gasteiger partial charge in [-0.2, -0.15) is 5.10 Å². The molecule has 0 unspecified atom stereocenters. The predicted octanol–water partition coefficient (Wildman–Crippen LogP) is 3.69. The lowest BCUT2D eigenvalue weighted by Crippen LogP contribution is -2.04. The van der Waals surface area contributed by atoms with Crippen LogP contribution in [0.2, 0.25) is 5.02 Å². The molecule has 0 aliphatic heterocycles. The second-order valence-electron chi connectivity index (χ2n) is 4.82. The molecule has 1 aromatic heterocycles. The van der Waals surface area contributed by atoms with Gasteiger partial charge in [0.15, 0.2) is 0 Å². The van der Waals surface area contributed by atoms with Gasteiger partial charge in [0.1, 0.15) is 0 Å². The van der Waals surface area contributed by atoms with Crippen molar-refractivity contribution in [1.29, 1.82) is 0 Å². The van der Waals surface area contributed by atoms with Crippen LogP contribution in [0, 0.1) is 0 Å². The summed E-state index contributed by atoms with van der Waals surface area (Å²) in [5.41, 5.74) is 9.74. The van der Waals surface area contributed by atoms with Crippen molar-refractivity contribution in [3.05, 3.63) is 71.4 Å². The van der Waals surface area contributed by atoms with Gasteiger partial charge in [-0.1, -0.05) is 48.0 Å². The molecule has 1 heterocycles. The summed E-state index contributed by atoms with van der Waals surface area (Å²) in [6.07, 6.45) is 0.757. The van der Waals surface area contributed by atoms with Crippen LogP contribution in [-0.2, 0) is 6.42 Å². The highest BCUT2D eigenvalue weighted by molar-refractivity contribution is 6.30. The fraction of sp³-hybridized carbons (Fsp3) is 0.118. The van der Waals surface area contributed by atoms with E-state index in [1.807, 2.05) is 47.1 Å². The average molecular weight is 298 g/mol. The summed E-state index contributed by atoms with van der Waals surface area (Å²) in [4.78, 5) is 0. The van der Waals surface area contributed by atoms with Crippen LogP contribution < -0.4 is 5.73 Å². The van der Waals surface area contributed by atoms with Gasteiger partial charge in [0.25, 0.3) is 0 Å². The summed E-state index contributed by atoms with van der Waals surface area (Å²) in [7, 11) is 0. The molecular formula is C17H16ClN3. The first-order valence-corrected chi connectivity index (χ1v) is 7.26. The molecule has 0 aliphatic carbocycles. The third kappa shape index (κ3) is 2.99. The van der Waals surface area contributed by atoms with Crippen molar-refractivity contribution < 1.29 is 0 Å². The fourth-order valence-electron chi connectivity index (χ4n) is 2.32. The van der Waals surface area contributed by atoms with Crippen LogP contribution in [0.25, 0.3) is 16.9 Å². The van der Waals surface area contributed by atoms with E-state index in [2.05, 4.69) is 23.3 Å². The molecule has 0 aliphatic rings. The second-order valence-corrected chi connectivity index (χ2v) is 5.25. The van der Waals surface area contributed by atoms with Crippen molar-refractivity contribution in [3.63, 3.8) is 0 Å². The highest BCUT2D eigenvalue weighted by Crippen LogP contribution is 2.25. The van der Waals surface area contributed by atoms with Gasteiger partial charge in [0.2, 0.25) is 0 Å². The van der Waals surface area contributed by atoms with Crippen molar-refractivity contribution in [2.75, 3.05) is 6.54 Å². The molecule has 0 amide bonds. The summed E-state index contributed by atoms with van der Waals surface area (Å²) < 4.78 is 1.92. The quantitative estimate of drug-likeness (QED) is 0.798. The molecule has 3 rings (SSSR count). The smallest absolute Gasteiger partial charge is 0.0743 e. The minimum atomic E-state index is 0.584. The molecule has 4 heteroatoms. The zero-order valence-corrected chi connectivity index (χ0v) is 12.3. The maximum Gasteiger partial charge on any atom is 0.0743 e. The molecule has 2 aromatic carbocycles. The molecule has 0 spiro atoms. The monoisotopic (exact) mass is 297 g/mol. The molecule has 2 N–H and O–H groups in total. The number of benzene rings is 2. The van der Waals surface area contributed by atoms with E-state index in [0.717, 1.165) is 29.1 Å². The van der Waals surface area contributed by atoms with Crippen molar-refractivity contribution in [2.45, 2.75) is 6.42 Å². The second kappa shape index (κ2) is 6.12. The molecule has 3 aromatic rings. The molecule has 3 nitrogen and oxygen atoms in total. The van der Waals surface area contributed by atoms with E-state index in [0.29, 0.717) is 11.6 Å². The van der Waals surface area contributed by atoms with Crippen molar-refractivity contribution >= 4 is 11.6 Å². The third-order valence-electron chi connectivity index (χ3n) is 3.28. The number of hydrogen-bond donors (Lipinski definition) is 1. The van der Waals surface area contributed by atoms with E-state index in [1.165, 1.54) is 0 Å². The van der Waals surface area contributed by atoms with Gasteiger partial charge >= 0.3 is 0 Å². The molecule has 0 saturated heterocycles. The molecule has 106 valence electrons. The standard InChI is InChI=1S/C17H16ClN3/c18-14-7-4-8-16(11-14)21-17(12-15(20-21)9-10-19)13-5-2-1-3-6-13/h1-8,11-12H,9-10,19H2. The Labute approximate surface area is 129 Å². The minimum Gasteiger partial charge on any atom is -0.330 e. The van der Waals surface area contributed by atoms with E-state index in [1.54, 1.807) is 0 Å². The zero-order valence-electron chi connectivity index (χ0n) is 11.5. The van der Waals surface area contributed by atoms with Crippen LogP contribution in [0.15, 0.2) is 60.7 Å². The number of halogens is 1. The molecule has 0 atom stereocenters. The Hall–Kier alpha value is -2.10. The number of hydrogen-bond acceptors (Lipinski definition) is 2. The number of aromatic nitrogens is 2. The normalized spacial score (nSPS) is 10.8. The molecule has 0 bridgehead atoms. The van der Waals surface area contributed by atoms with Crippen LogP contribution in [0.1, 0.15) is 5.69 Å². The minimum absolute atomic E-state index is 0.584. The molecule has 21 heavy (non-hydrogen) atoms. The molecule has 0 radical (unpaired) electrons. The number of nitrogens with zero attached hydrogens (tertiary/aromatic N) is 2. The highest BCUT2D eigenvalue weighted by Gasteiger charge is 2.11. The maximum absolute atomic E-state index is 6.10. The van der Waals surface area contributed by atoms with Gasteiger partial charge in [-0.05, 0) is 30.8 Å². The van der Waals surface area contributed by atoms with Crippen LogP contribution in [-0.4, -0.2) is 16.3 Å². The first kappa shape index (κ1) is 13.9. The molecule has 0 fully saturated rings. The van der Waals surface area contributed by atoms with E-state index < -0.39 is 0 Å². The fourth-order valence-corrected chi connectivity index (χ4v) is 2.50. The third-order valence-corrected chi connectivity index (χ3v) is 3.52. The average Bonchev–Trinajstić information content (AvgIpc) is 2.93. The van der Waals surface area contributed by atoms with Gasteiger partial charge in [-0.25, -0.2) is 4.68 Å². The Morgan fingerprint density at radius 2 is 1.81 bits per heavy atom. The van der Waals surface area contributed by atoms with E-state index in [9.17, 15) is 0 Å². The van der Waals surface area contributed by atoms with Crippen LogP contribution in [0.4, 0.5) is 0 Å². The van der Waals surface area contributed by atoms with Crippen molar-refractivity contribution in [2.24, 2.45) is 5.73 Å². The summed E-state index contributed by atoms with van der Waals surface area (Å²) in [6, 6.07) is 20.0. The first-order chi connectivity index (χ1) is 10.3. The number of nitrogens with two attached hydrogens (primary N) is 1. The van der Waals surface area contributed by atoms with Gasteiger partial charge in [-0.3, -0.25) is 0 Å². The van der Waals surface area contributed by atoms with Crippen molar-refractivity contribution in [3.8, 4) is 16.9 Å². The van der Waals surface area contributed by atoms with E-state index in [-0.39, 0.29) is 0 Å². The Kier molecular flexibility index (Phi) is 4.04. The topological polar surface area (TPSA) is 43.8 Å². The highest BCUT2D eigenvalue weighted by atomic mass is 35.5. The van der Waals surface area contributed by atoms with Gasteiger partial charge in [0.05, 0.1) is 17.1 Å². The Morgan fingerprint density at radius 3 is 2.52 bits per heavy atom. The lowest BCUT2D eigenvalue weighted by molar-refractivity contribution is 0.826. The Balaban J connectivity index is 2.14. The first-order valence-electron chi connectivity index (χ1n) is 6.88. The van der Waals surface area contributed by atoms with E-state index >= 15 is 0 Å². The molecule has 0 saturated carbocycles. The Bertz CT molecular complexity index is 735. The molecular weight excluding hydrogens is 282 g/mol. The van der Waals surface area contributed by atoms with Gasteiger partial charge < -0.3 is 5.73 Å². The SMILES string of the molecule is NCCc1cc(-c2ccccc2)n(-c2cccc(Cl)c2)n1. The summed E-state index contributed by atoms with van der Waals surface area (Å²) in [5, 5.41) is 5.36. The summed E-state index contributed by atoms with van der Waals surface area (Å²) >= 11 is 6.10. The number of rotatable bonds is 4. The predicted molar refractivity (Wildman–Crippen MR) is 86.8 cm³/mol. The van der Waals surface area contributed by atoms with Crippen LogP contribution in [0.5, 0.6) is 0 Å². The lowest BCUT2D eigenvalue weighted by Gasteiger charge is -2.07. The largest absolute Gasteiger partial charge is 0.330 e.